The van der Waals surface area contributed by atoms with Crippen LogP contribution in [0.3, 0.4) is 0 Å². The number of nitrogens with zero attached hydrogens (tertiary/aromatic N) is 1. The number of ether oxygens (including phenoxy) is 1. The van der Waals surface area contributed by atoms with Gasteiger partial charge in [0.25, 0.3) is 0 Å². The molecule has 0 rings (SSSR count). The van der Waals surface area contributed by atoms with Gasteiger partial charge in [-0.05, 0) is 12.8 Å². The van der Waals surface area contributed by atoms with E-state index in [1.807, 2.05) is 21.1 Å². The Morgan fingerprint density at radius 3 is 2.12 bits per heavy atom. The summed E-state index contributed by atoms with van der Waals surface area (Å²) in [5, 5.41) is 8.39. The lowest BCUT2D eigenvalue weighted by molar-refractivity contribution is -0.870. The number of quaternary nitrogens is 1. The summed E-state index contributed by atoms with van der Waals surface area (Å²) in [6.07, 6.45) is 1.53. The number of hydrogen-bond donors (Lipinski definition) is 1. The van der Waals surface area contributed by atoms with E-state index in [0.29, 0.717) is 25.9 Å². The van der Waals surface area contributed by atoms with Crippen LogP contribution in [0.4, 0.5) is 0 Å². The van der Waals surface area contributed by atoms with Crippen LogP contribution < -0.4 is 24.0 Å². The molecule has 0 saturated heterocycles. The summed E-state index contributed by atoms with van der Waals surface area (Å²) in [4.78, 5) is 21.4. The number of esters is 1. The van der Waals surface area contributed by atoms with Gasteiger partial charge >= 0.3 is 11.9 Å². The van der Waals surface area contributed by atoms with Crippen molar-refractivity contribution in [1.29, 1.82) is 0 Å². The number of unbranched alkanes of at least 4 members (excludes halogenated alkanes) is 1. The second-order valence-corrected chi connectivity index (χ2v) is 4.84. The van der Waals surface area contributed by atoms with Crippen LogP contribution in [-0.4, -0.2) is 55.8 Å². The molecule has 0 saturated carbocycles. The molecule has 0 spiro atoms. The van der Waals surface area contributed by atoms with E-state index in [1.165, 1.54) is 0 Å². The molecule has 0 heterocycles. The second-order valence-electron chi connectivity index (χ2n) is 4.84. The van der Waals surface area contributed by atoms with Crippen LogP contribution in [0.2, 0.25) is 0 Å². The van der Waals surface area contributed by atoms with E-state index in [-0.39, 0.29) is 36.4 Å². The van der Waals surface area contributed by atoms with Crippen molar-refractivity contribution in [3.8, 4) is 0 Å². The summed E-state index contributed by atoms with van der Waals surface area (Å²) in [6.45, 7) is 1.20. The highest BCUT2D eigenvalue weighted by molar-refractivity contribution is 5.69. The topological polar surface area (TPSA) is 63.6 Å². The van der Waals surface area contributed by atoms with E-state index < -0.39 is 5.97 Å². The van der Waals surface area contributed by atoms with Gasteiger partial charge in [0.05, 0.1) is 21.1 Å². The van der Waals surface area contributed by atoms with Crippen molar-refractivity contribution in [3.05, 3.63) is 0 Å². The van der Waals surface area contributed by atoms with Crippen LogP contribution in [0.1, 0.15) is 25.7 Å². The maximum Gasteiger partial charge on any atom is 0.305 e. The third-order valence-electron chi connectivity index (χ3n) is 2.05. The first-order valence-corrected chi connectivity index (χ1v) is 5.49. The fourth-order valence-corrected chi connectivity index (χ4v) is 1.05. The molecule has 102 valence electrons. The van der Waals surface area contributed by atoms with Crippen LogP contribution in [0, 0.1) is 0 Å². The molecule has 17 heavy (non-hydrogen) atoms. The Bertz CT molecular complexity index is 238. The van der Waals surface area contributed by atoms with Gasteiger partial charge in [0.15, 0.2) is 0 Å². The molecule has 0 radical (unpaired) electrons. The molecular formula is C11H22INO4. The summed E-state index contributed by atoms with van der Waals surface area (Å²) in [5.74, 6) is -1.06. The van der Waals surface area contributed by atoms with Gasteiger partial charge < -0.3 is 38.3 Å². The first-order valence-electron chi connectivity index (χ1n) is 5.49. The monoisotopic (exact) mass is 359 g/mol. The Balaban J connectivity index is 0. The predicted octanol–water partition coefficient (Wildman–Crippen LogP) is -2.12. The zero-order chi connectivity index (χ0) is 12.6. The molecule has 0 atom stereocenters. The maximum absolute atomic E-state index is 11.2. The van der Waals surface area contributed by atoms with Crippen LogP contribution >= 0.6 is 0 Å². The van der Waals surface area contributed by atoms with E-state index in [2.05, 4.69) is 0 Å². The molecule has 0 aliphatic heterocycles. The van der Waals surface area contributed by atoms with E-state index >= 15 is 0 Å². The summed E-state index contributed by atoms with van der Waals surface area (Å²) < 4.78 is 5.78. The van der Waals surface area contributed by atoms with Gasteiger partial charge in [-0.3, -0.25) is 9.59 Å². The predicted molar refractivity (Wildman–Crippen MR) is 60.0 cm³/mol. The first kappa shape index (κ1) is 19.0. The van der Waals surface area contributed by atoms with E-state index in [0.717, 1.165) is 11.0 Å². The SMILES string of the molecule is C[N+](C)(C)CCOC(=O)CCCCC(=O)O.[I-]. The van der Waals surface area contributed by atoms with Crippen molar-refractivity contribution in [2.75, 3.05) is 34.3 Å². The van der Waals surface area contributed by atoms with E-state index in [1.54, 1.807) is 0 Å². The smallest absolute Gasteiger partial charge is 0.305 e. The molecule has 0 aliphatic rings. The number of halogens is 1. The molecule has 0 aromatic rings. The Morgan fingerprint density at radius 2 is 1.65 bits per heavy atom. The number of aliphatic carboxylic acids is 1. The largest absolute Gasteiger partial charge is 1.00 e. The molecule has 0 amide bonds. The fourth-order valence-electron chi connectivity index (χ4n) is 1.05. The summed E-state index contributed by atoms with van der Waals surface area (Å²) in [7, 11) is 6.09. The van der Waals surface area contributed by atoms with E-state index in [9.17, 15) is 9.59 Å². The highest BCUT2D eigenvalue weighted by atomic mass is 127. The lowest BCUT2D eigenvalue weighted by Gasteiger charge is -2.23. The molecule has 0 aliphatic carbocycles. The van der Waals surface area contributed by atoms with Gasteiger partial charge in [-0.1, -0.05) is 0 Å². The first-order chi connectivity index (χ1) is 7.31. The van der Waals surface area contributed by atoms with Gasteiger partial charge in [-0.15, -0.1) is 0 Å². The Labute approximate surface area is 120 Å². The third kappa shape index (κ3) is 15.6. The average molecular weight is 359 g/mol. The number of likely N-dealkylation sites (N-methyl/N-ethyl adjacent to an activating group) is 1. The molecule has 0 fully saturated rings. The van der Waals surface area contributed by atoms with Crippen LogP contribution in [0.15, 0.2) is 0 Å². The minimum atomic E-state index is -0.821. The molecule has 0 aromatic carbocycles. The van der Waals surface area contributed by atoms with Crippen LogP contribution in [0.5, 0.6) is 0 Å². The highest BCUT2D eigenvalue weighted by Crippen LogP contribution is 2.01. The molecular weight excluding hydrogens is 337 g/mol. The van der Waals surface area contributed by atoms with Crippen molar-refractivity contribution >= 4 is 11.9 Å². The number of carbonyl (C=O) groups excluding carboxylic acids is 1. The van der Waals surface area contributed by atoms with Gasteiger partial charge in [-0.25, -0.2) is 0 Å². The molecule has 0 unspecified atom stereocenters. The minimum Gasteiger partial charge on any atom is -1.00 e. The van der Waals surface area contributed by atoms with Gasteiger partial charge in [0.1, 0.15) is 13.2 Å². The van der Waals surface area contributed by atoms with Crippen molar-refractivity contribution in [3.63, 3.8) is 0 Å². The Morgan fingerprint density at radius 1 is 1.12 bits per heavy atom. The molecule has 5 nitrogen and oxygen atoms in total. The van der Waals surface area contributed by atoms with E-state index in [4.69, 9.17) is 9.84 Å². The van der Waals surface area contributed by atoms with Crippen LogP contribution in [-0.2, 0) is 14.3 Å². The third-order valence-corrected chi connectivity index (χ3v) is 2.05. The average Bonchev–Trinajstić information content (AvgIpc) is 2.10. The summed E-state index contributed by atoms with van der Waals surface area (Å²) in [5.41, 5.74) is 0. The minimum absolute atomic E-state index is 0. The lowest BCUT2D eigenvalue weighted by atomic mass is 10.2. The maximum atomic E-state index is 11.2. The van der Waals surface area contributed by atoms with Gasteiger partial charge in [0, 0.05) is 12.8 Å². The second kappa shape index (κ2) is 9.64. The van der Waals surface area contributed by atoms with Crippen molar-refractivity contribution in [1.82, 2.24) is 0 Å². The zero-order valence-corrected chi connectivity index (χ0v) is 12.9. The van der Waals surface area contributed by atoms with Crippen molar-refractivity contribution in [2.45, 2.75) is 25.7 Å². The fraction of sp³-hybridized carbons (Fsp3) is 0.818. The van der Waals surface area contributed by atoms with Gasteiger partial charge in [0.2, 0.25) is 0 Å². The number of hydrogen-bond acceptors (Lipinski definition) is 3. The molecule has 0 bridgehead atoms. The van der Waals surface area contributed by atoms with Crippen molar-refractivity contribution < 1.29 is 47.9 Å². The Hall–Kier alpha value is -0.370. The standard InChI is InChI=1S/C11H21NO4.HI/c1-12(2,3)8-9-16-11(15)7-5-4-6-10(13)14;/h4-9H2,1-3H3;1H. The number of rotatable bonds is 8. The zero-order valence-electron chi connectivity index (χ0n) is 10.7. The Kier molecular flexibility index (Phi) is 10.8. The van der Waals surface area contributed by atoms with Crippen molar-refractivity contribution in [2.24, 2.45) is 0 Å². The normalized spacial score (nSPS) is 10.5. The number of carboxylic acids is 1. The number of carbonyl (C=O) groups is 2. The molecule has 1 N–H and O–H groups in total. The highest BCUT2D eigenvalue weighted by Gasteiger charge is 2.09. The molecule has 6 heteroatoms. The van der Waals surface area contributed by atoms with Crippen LogP contribution in [0.25, 0.3) is 0 Å². The molecule has 0 aromatic heterocycles. The van der Waals surface area contributed by atoms with Gasteiger partial charge in [-0.2, -0.15) is 0 Å². The quantitative estimate of drug-likeness (QED) is 0.233. The summed E-state index contributed by atoms with van der Waals surface area (Å²) in [6, 6.07) is 0. The summed E-state index contributed by atoms with van der Waals surface area (Å²) >= 11 is 0. The number of carboxylic acid groups (broad SMARTS) is 1. The lowest BCUT2D eigenvalue weighted by Crippen LogP contribution is -3.00.